The van der Waals surface area contributed by atoms with E-state index in [1.807, 2.05) is 24.3 Å². The highest BCUT2D eigenvalue weighted by Crippen LogP contribution is 2.09. The van der Waals surface area contributed by atoms with Crippen LogP contribution in [0.3, 0.4) is 0 Å². The van der Waals surface area contributed by atoms with Crippen LogP contribution in [0.15, 0.2) is 24.3 Å². The Labute approximate surface area is 68.5 Å². The molecule has 0 aliphatic heterocycles. The quantitative estimate of drug-likeness (QED) is 0.608. The van der Waals surface area contributed by atoms with Crippen LogP contribution in [-0.4, -0.2) is 10.5 Å². The van der Waals surface area contributed by atoms with Gasteiger partial charge in [-0.1, -0.05) is 23.7 Å². The first-order valence-electron chi connectivity index (χ1n) is 3.06. The lowest BCUT2D eigenvalue weighted by Crippen LogP contribution is -1.86. The van der Waals surface area contributed by atoms with Crippen LogP contribution in [0, 0.1) is 0 Å². The molecule has 0 N–H and O–H groups in total. The van der Waals surface area contributed by atoms with Crippen molar-refractivity contribution in [2.24, 2.45) is 0 Å². The Balaban J connectivity index is 2.69. The molecule has 0 aliphatic carbocycles. The third-order valence-electron chi connectivity index (χ3n) is 1.22. The molecular weight excluding hydrogens is 164 g/mol. The molecular formula is C7H9ClOSi. The Morgan fingerprint density at radius 2 is 1.90 bits per heavy atom. The van der Waals surface area contributed by atoms with Gasteiger partial charge in [0.05, 0.1) is 6.61 Å². The van der Waals surface area contributed by atoms with Gasteiger partial charge in [0.1, 0.15) is 10.5 Å². The van der Waals surface area contributed by atoms with Crippen LogP contribution in [-0.2, 0) is 11.0 Å². The summed E-state index contributed by atoms with van der Waals surface area (Å²) in [5.74, 6) is 0. The molecule has 0 fully saturated rings. The van der Waals surface area contributed by atoms with Crippen LogP contribution in [0.25, 0.3) is 0 Å². The molecule has 54 valence electrons. The standard InChI is InChI=1S/C7H9ClOSi/c8-7-3-1-6(2-4-7)5-9-10/h1-4H,5H2,10H3. The molecule has 0 bridgehead atoms. The maximum atomic E-state index is 5.68. The minimum Gasteiger partial charge on any atom is -0.424 e. The minimum atomic E-state index is 0.712. The summed E-state index contributed by atoms with van der Waals surface area (Å²) in [4.78, 5) is 0. The van der Waals surface area contributed by atoms with Crippen molar-refractivity contribution in [2.45, 2.75) is 6.61 Å². The maximum absolute atomic E-state index is 5.68. The highest BCUT2D eigenvalue weighted by Gasteiger charge is 1.89. The first kappa shape index (κ1) is 7.79. The van der Waals surface area contributed by atoms with Gasteiger partial charge in [-0.3, -0.25) is 0 Å². The number of hydrogen-bond donors (Lipinski definition) is 0. The SMILES string of the molecule is [SiH3]OCc1ccc(Cl)cc1. The Kier molecular flexibility index (Phi) is 2.93. The van der Waals surface area contributed by atoms with Crippen molar-refractivity contribution in [3.05, 3.63) is 34.9 Å². The largest absolute Gasteiger partial charge is 0.424 e. The Bertz CT molecular complexity index is 197. The third kappa shape index (κ3) is 2.14. The molecule has 0 spiro atoms. The van der Waals surface area contributed by atoms with Gasteiger partial charge in [-0.15, -0.1) is 0 Å². The van der Waals surface area contributed by atoms with Crippen molar-refractivity contribution >= 4 is 22.1 Å². The Morgan fingerprint density at radius 3 is 2.40 bits per heavy atom. The first-order chi connectivity index (χ1) is 4.83. The van der Waals surface area contributed by atoms with Gasteiger partial charge >= 0.3 is 0 Å². The van der Waals surface area contributed by atoms with Crippen molar-refractivity contribution in [1.29, 1.82) is 0 Å². The molecule has 0 unspecified atom stereocenters. The second-order valence-corrected chi connectivity index (χ2v) is 3.07. The second-order valence-electron chi connectivity index (χ2n) is 2.06. The zero-order chi connectivity index (χ0) is 7.40. The molecule has 0 atom stereocenters. The summed E-state index contributed by atoms with van der Waals surface area (Å²) in [6.07, 6.45) is 0. The lowest BCUT2D eigenvalue weighted by molar-refractivity contribution is 0.338. The highest BCUT2D eigenvalue weighted by atomic mass is 35.5. The molecule has 3 heteroatoms. The molecule has 0 aromatic heterocycles. The first-order valence-corrected chi connectivity index (χ1v) is 4.26. The van der Waals surface area contributed by atoms with Crippen molar-refractivity contribution in [2.75, 3.05) is 0 Å². The van der Waals surface area contributed by atoms with E-state index in [2.05, 4.69) is 0 Å². The summed E-state index contributed by atoms with van der Waals surface area (Å²) in [7, 11) is 0.789. The molecule has 0 heterocycles. The van der Waals surface area contributed by atoms with E-state index >= 15 is 0 Å². The minimum absolute atomic E-state index is 0.712. The normalized spacial score (nSPS) is 10.1. The van der Waals surface area contributed by atoms with E-state index in [1.165, 1.54) is 5.56 Å². The third-order valence-corrected chi connectivity index (χ3v) is 1.76. The van der Waals surface area contributed by atoms with Gasteiger partial charge < -0.3 is 4.43 Å². The molecule has 1 rings (SSSR count). The Morgan fingerprint density at radius 1 is 1.30 bits per heavy atom. The predicted octanol–water partition coefficient (Wildman–Crippen LogP) is 1.14. The van der Waals surface area contributed by atoms with Crippen molar-refractivity contribution in [1.82, 2.24) is 0 Å². The van der Waals surface area contributed by atoms with Crippen LogP contribution in [0.2, 0.25) is 5.02 Å². The van der Waals surface area contributed by atoms with Crippen molar-refractivity contribution < 1.29 is 4.43 Å². The fourth-order valence-corrected chi connectivity index (χ4v) is 1.21. The fourth-order valence-electron chi connectivity index (χ4n) is 0.747. The van der Waals surface area contributed by atoms with E-state index in [4.69, 9.17) is 16.0 Å². The molecule has 0 saturated carbocycles. The van der Waals surface area contributed by atoms with E-state index < -0.39 is 0 Å². The summed E-state index contributed by atoms with van der Waals surface area (Å²) < 4.78 is 5.06. The van der Waals surface area contributed by atoms with Gasteiger partial charge in [0.15, 0.2) is 0 Å². The number of halogens is 1. The average Bonchev–Trinajstić information content (AvgIpc) is 1.95. The van der Waals surface area contributed by atoms with E-state index in [-0.39, 0.29) is 0 Å². The van der Waals surface area contributed by atoms with Crippen molar-refractivity contribution in [3.8, 4) is 0 Å². The van der Waals surface area contributed by atoms with E-state index in [9.17, 15) is 0 Å². The van der Waals surface area contributed by atoms with Gasteiger partial charge in [-0.05, 0) is 17.7 Å². The molecule has 0 amide bonds. The fraction of sp³-hybridized carbons (Fsp3) is 0.143. The lowest BCUT2D eigenvalue weighted by atomic mass is 10.2. The topological polar surface area (TPSA) is 9.23 Å². The smallest absolute Gasteiger partial charge is 0.146 e. The van der Waals surface area contributed by atoms with Gasteiger partial charge in [0.25, 0.3) is 0 Å². The van der Waals surface area contributed by atoms with Gasteiger partial charge in [-0.25, -0.2) is 0 Å². The van der Waals surface area contributed by atoms with E-state index in [1.54, 1.807) is 0 Å². The van der Waals surface area contributed by atoms with Gasteiger partial charge in [0.2, 0.25) is 0 Å². The van der Waals surface area contributed by atoms with Crippen LogP contribution < -0.4 is 0 Å². The molecule has 0 aliphatic rings. The number of hydrogen-bond acceptors (Lipinski definition) is 1. The van der Waals surface area contributed by atoms with E-state index in [0.29, 0.717) is 6.61 Å². The van der Waals surface area contributed by atoms with Gasteiger partial charge in [0, 0.05) is 5.02 Å². The summed E-state index contributed by atoms with van der Waals surface area (Å²) >= 11 is 5.68. The van der Waals surface area contributed by atoms with E-state index in [0.717, 1.165) is 15.5 Å². The molecule has 0 radical (unpaired) electrons. The molecule has 1 nitrogen and oxygen atoms in total. The number of rotatable bonds is 2. The average molecular weight is 173 g/mol. The summed E-state index contributed by atoms with van der Waals surface area (Å²) in [6, 6.07) is 7.69. The van der Waals surface area contributed by atoms with Crippen LogP contribution in [0.4, 0.5) is 0 Å². The lowest BCUT2D eigenvalue weighted by Gasteiger charge is -1.97. The number of benzene rings is 1. The van der Waals surface area contributed by atoms with Crippen LogP contribution in [0.1, 0.15) is 5.56 Å². The van der Waals surface area contributed by atoms with Crippen LogP contribution in [0.5, 0.6) is 0 Å². The molecule has 1 aromatic carbocycles. The summed E-state index contributed by atoms with van der Waals surface area (Å²) in [6.45, 7) is 0.712. The predicted molar refractivity (Wildman–Crippen MR) is 46.2 cm³/mol. The Hall–Kier alpha value is -0.313. The monoisotopic (exact) mass is 172 g/mol. The van der Waals surface area contributed by atoms with Crippen LogP contribution >= 0.6 is 11.6 Å². The maximum Gasteiger partial charge on any atom is 0.146 e. The zero-order valence-electron chi connectivity index (χ0n) is 5.80. The summed E-state index contributed by atoms with van der Waals surface area (Å²) in [5, 5.41) is 0.775. The second kappa shape index (κ2) is 3.76. The highest BCUT2D eigenvalue weighted by molar-refractivity contribution is 6.30. The van der Waals surface area contributed by atoms with Gasteiger partial charge in [-0.2, -0.15) is 0 Å². The molecule has 10 heavy (non-hydrogen) atoms. The zero-order valence-corrected chi connectivity index (χ0v) is 8.56. The molecule has 1 aromatic rings. The van der Waals surface area contributed by atoms with Crippen molar-refractivity contribution in [3.63, 3.8) is 0 Å². The summed E-state index contributed by atoms with van der Waals surface area (Å²) in [5.41, 5.74) is 1.18. The molecule has 0 saturated heterocycles.